The van der Waals surface area contributed by atoms with E-state index in [9.17, 15) is 4.79 Å². The van der Waals surface area contributed by atoms with Crippen molar-refractivity contribution in [3.05, 3.63) is 76.4 Å². The molecule has 0 atom stereocenters. The van der Waals surface area contributed by atoms with Gasteiger partial charge in [-0.3, -0.25) is 0 Å². The topological polar surface area (TPSA) is 38.7 Å². The van der Waals surface area contributed by atoms with Crippen molar-refractivity contribution >= 4 is 29.5 Å². The summed E-state index contributed by atoms with van der Waals surface area (Å²) in [7, 11) is 0. The molecule has 0 amide bonds. The lowest BCUT2D eigenvalue weighted by molar-refractivity contribution is -0.130. The summed E-state index contributed by atoms with van der Waals surface area (Å²) in [5.41, 5.74) is 2.16. The van der Waals surface area contributed by atoms with E-state index in [2.05, 4.69) is 4.99 Å². The average Bonchev–Trinajstić information content (AvgIpc) is 2.80. The second-order valence-corrected chi connectivity index (χ2v) is 5.08. The number of hydrogen-bond acceptors (Lipinski definition) is 3. The number of nitrogens with zero attached hydrogens (tertiary/aromatic N) is 1. The molecule has 2 aromatic carbocycles. The summed E-state index contributed by atoms with van der Waals surface area (Å²) in [4.78, 5) is 16.1. The van der Waals surface area contributed by atoms with E-state index in [0.717, 1.165) is 11.1 Å². The van der Waals surface area contributed by atoms with Crippen molar-refractivity contribution in [2.75, 3.05) is 0 Å². The first kappa shape index (κ1) is 13.6. The van der Waals surface area contributed by atoms with E-state index in [4.69, 9.17) is 16.3 Å². The Morgan fingerprint density at radius 3 is 2.67 bits per heavy atom. The Kier molecular flexibility index (Phi) is 3.84. The van der Waals surface area contributed by atoms with Gasteiger partial charge in [-0.1, -0.05) is 54.1 Å². The zero-order valence-electron chi connectivity index (χ0n) is 11.1. The SMILES string of the molecule is O=C1OC(Cc2ccccc2)=N/C1=C/c1cccc(Cl)c1. The van der Waals surface area contributed by atoms with Gasteiger partial charge in [0.25, 0.3) is 0 Å². The van der Waals surface area contributed by atoms with E-state index < -0.39 is 5.97 Å². The largest absolute Gasteiger partial charge is 0.406 e. The third-order valence-corrected chi connectivity index (χ3v) is 3.25. The summed E-state index contributed by atoms with van der Waals surface area (Å²) in [5, 5.41) is 0.615. The van der Waals surface area contributed by atoms with Crippen molar-refractivity contribution in [1.82, 2.24) is 0 Å². The molecule has 0 saturated carbocycles. The molecule has 1 aliphatic rings. The first-order valence-corrected chi connectivity index (χ1v) is 6.89. The Balaban J connectivity index is 1.82. The molecule has 104 valence electrons. The van der Waals surface area contributed by atoms with Crippen LogP contribution in [-0.4, -0.2) is 11.9 Å². The van der Waals surface area contributed by atoms with Gasteiger partial charge in [-0.05, 0) is 29.3 Å². The highest BCUT2D eigenvalue weighted by Gasteiger charge is 2.22. The zero-order chi connectivity index (χ0) is 14.7. The number of halogens is 1. The van der Waals surface area contributed by atoms with E-state index in [-0.39, 0.29) is 0 Å². The van der Waals surface area contributed by atoms with Gasteiger partial charge in [0, 0.05) is 11.4 Å². The predicted octanol–water partition coefficient (Wildman–Crippen LogP) is 3.88. The molecule has 2 aromatic rings. The summed E-state index contributed by atoms with van der Waals surface area (Å²) in [6.07, 6.45) is 2.17. The number of carbonyl (C=O) groups is 1. The van der Waals surface area contributed by atoms with Crippen molar-refractivity contribution in [2.45, 2.75) is 6.42 Å². The van der Waals surface area contributed by atoms with Crippen LogP contribution in [-0.2, 0) is 16.0 Å². The minimum atomic E-state index is -0.430. The molecule has 0 fully saturated rings. The summed E-state index contributed by atoms with van der Waals surface area (Å²) in [6, 6.07) is 17.0. The van der Waals surface area contributed by atoms with Crippen molar-refractivity contribution in [3.8, 4) is 0 Å². The van der Waals surface area contributed by atoms with Crippen LogP contribution in [0.2, 0.25) is 5.02 Å². The Morgan fingerprint density at radius 2 is 1.90 bits per heavy atom. The maximum Gasteiger partial charge on any atom is 0.363 e. The second-order valence-electron chi connectivity index (χ2n) is 4.64. The quantitative estimate of drug-likeness (QED) is 0.637. The number of carbonyl (C=O) groups excluding carboxylic acids is 1. The molecule has 3 nitrogen and oxygen atoms in total. The van der Waals surface area contributed by atoms with Gasteiger partial charge in [0.1, 0.15) is 0 Å². The number of hydrogen-bond donors (Lipinski definition) is 0. The fraction of sp³-hybridized carbons (Fsp3) is 0.0588. The van der Waals surface area contributed by atoms with Gasteiger partial charge < -0.3 is 4.74 Å². The maximum absolute atomic E-state index is 11.8. The number of aliphatic imine (C=N–C) groups is 1. The average molecular weight is 298 g/mol. The van der Waals surface area contributed by atoms with Gasteiger partial charge in [-0.2, -0.15) is 0 Å². The number of ether oxygens (including phenoxy) is 1. The number of rotatable bonds is 3. The first-order chi connectivity index (χ1) is 10.2. The lowest BCUT2D eigenvalue weighted by atomic mass is 10.1. The third-order valence-electron chi connectivity index (χ3n) is 3.02. The van der Waals surface area contributed by atoms with Crippen LogP contribution in [0.4, 0.5) is 0 Å². The number of benzene rings is 2. The van der Waals surface area contributed by atoms with E-state index in [0.29, 0.717) is 23.0 Å². The van der Waals surface area contributed by atoms with Crippen LogP contribution in [0.25, 0.3) is 6.08 Å². The minimum Gasteiger partial charge on any atom is -0.406 e. The van der Waals surface area contributed by atoms with Crippen LogP contribution < -0.4 is 0 Å². The Morgan fingerprint density at radius 1 is 1.10 bits per heavy atom. The van der Waals surface area contributed by atoms with Gasteiger partial charge in [0.05, 0.1) is 0 Å². The summed E-state index contributed by atoms with van der Waals surface area (Å²) in [5.74, 6) is -0.0135. The van der Waals surface area contributed by atoms with Gasteiger partial charge >= 0.3 is 5.97 Å². The monoisotopic (exact) mass is 297 g/mol. The van der Waals surface area contributed by atoms with E-state index in [1.807, 2.05) is 42.5 Å². The van der Waals surface area contributed by atoms with Crippen LogP contribution in [0.15, 0.2) is 65.3 Å². The van der Waals surface area contributed by atoms with Gasteiger partial charge in [-0.15, -0.1) is 0 Å². The Labute approximate surface area is 127 Å². The molecule has 1 aliphatic heterocycles. The highest BCUT2D eigenvalue weighted by Crippen LogP contribution is 2.19. The smallest absolute Gasteiger partial charge is 0.363 e. The van der Waals surface area contributed by atoms with Gasteiger partial charge in [0.15, 0.2) is 5.70 Å². The van der Waals surface area contributed by atoms with E-state index in [1.165, 1.54) is 0 Å². The number of esters is 1. The molecular weight excluding hydrogens is 286 g/mol. The molecule has 0 N–H and O–H groups in total. The highest BCUT2D eigenvalue weighted by atomic mass is 35.5. The van der Waals surface area contributed by atoms with Crippen LogP contribution in [0, 0.1) is 0 Å². The van der Waals surface area contributed by atoms with Crippen LogP contribution in [0.5, 0.6) is 0 Å². The van der Waals surface area contributed by atoms with Crippen LogP contribution in [0.3, 0.4) is 0 Å². The molecule has 21 heavy (non-hydrogen) atoms. The highest BCUT2D eigenvalue weighted by molar-refractivity contribution is 6.30. The van der Waals surface area contributed by atoms with E-state index in [1.54, 1.807) is 18.2 Å². The summed E-state index contributed by atoms with van der Waals surface area (Å²) >= 11 is 5.92. The molecule has 0 saturated heterocycles. The molecule has 1 heterocycles. The summed E-state index contributed by atoms with van der Waals surface area (Å²) < 4.78 is 5.19. The normalized spacial score (nSPS) is 16.0. The third kappa shape index (κ3) is 3.38. The summed E-state index contributed by atoms with van der Waals surface area (Å²) in [6.45, 7) is 0. The van der Waals surface area contributed by atoms with Crippen LogP contribution >= 0.6 is 11.6 Å². The Hall–Kier alpha value is -2.39. The van der Waals surface area contributed by atoms with Crippen molar-refractivity contribution in [3.63, 3.8) is 0 Å². The van der Waals surface area contributed by atoms with E-state index >= 15 is 0 Å². The number of cyclic esters (lactones) is 1. The Bertz CT molecular complexity index is 735. The first-order valence-electron chi connectivity index (χ1n) is 6.52. The zero-order valence-corrected chi connectivity index (χ0v) is 11.9. The molecule has 0 spiro atoms. The molecule has 0 unspecified atom stereocenters. The lowest BCUT2D eigenvalue weighted by Crippen LogP contribution is -2.06. The van der Waals surface area contributed by atoms with Gasteiger partial charge in [-0.25, -0.2) is 9.79 Å². The molecule has 0 aromatic heterocycles. The van der Waals surface area contributed by atoms with Gasteiger partial charge in [0.2, 0.25) is 5.90 Å². The van der Waals surface area contributed by atoms with Crippen molar-refractivity contribution in [2.24, 2.45) is 4.99 Å². The fourth-order valence-electron chi connectivity index (χ4n) is 2.05. The molecule has 3 rings (SSSR count). The maximum atomic E-state index is 11.8. The molecule has 0 radical (unpaired) electrons. The predicted molar refractivity (Wildman–Crippen MR) is 83.1 cm³/mol. The fourth-order valence-corrected chi connectivity index (χ4v) is 2.25. The van der Waals surface area contributed by atoms with Crippen molar-refractivity contribution < 1.29 is 9.53 Å². The lowest BCUT2D eigenvalue weighted by Gasteiger charge is -1.98. The van der Waals surface area contributed by atoms with Crippen molar-refractivity contribution in [1.29, 1.82) is 0 Å². The van der Waals surface area contributed by atoms with Crippen LogP contribution in [0.1, 0.15) is 11.1 Å². The standard InChI is InChI=1S/C17H12ClNO2/c18-14-8-4-7-13(9-14)10-15-17(20)21-16(19-15)11-12-5-2-1-3-6-12/h1-10H,11H2/b15-10+. The molecule has 4 heteroatoms. The molecular formula is C17H12ClNO2. The minimum absolute atomic E-state index is 0.295. The molecule has 0 aliphatic carbocycles. The second kappa shape index (κ2) is 5.94. The molecule has 0 bridgehead atoms.